The van der Waals surface area contributed by atoms with Crippen molar-refractivity contribution in [2.75, 3.05) is 59.1 Å². The highest BCUT2D eigenvalue weighted by molar-refractivity contribution is 7.76. The molecule has 1 heterocycles. The van der Waals surface area contributed by atoms with Crippen LogP contribution in [-0.2, 0) is 20.8 Å². The van der Waals surface area contributed by atoms with E-state index in [1.807, 2.05) is 0 Å². The van der Waals surface area contributed by atoms with Crippen LogP contribution in [0.4, 0.5) is 0 Å². The summed E-state index contributed by atoms with van der Waals surface area (Å²) in [7, 11) is 0. The molecule has 8 nitrogen and oxygen atoms in total. The number of rotatable bonds is 8. The zero-order chi connectivity index (χ0) is 14.1. The Morgan fingerprint density at radius 2 is 1.95 bits per heavy atom. The molecule has 1 aliphatic rings. The van der Waals surface area contributed by atoms with Gasteiger partial charge in [0.2, 0.25) is 17.2 Å². The Kier molecular flexibility index (Phi) is 8.10. The highest BCUT2D eigenvalue weighted by atomic mass is 32.2. The average molecular weight is 295 g/mol. The first-order valence-corrected chi connectivity index (χ1v) is 7.23. The maximum Gasteiger partial charge on any atom is 0.245 e. The average Bonchev–Trinajstić information content (AvgIpc) is 2.42. The van der Waals surface area contributed by atoms with Crippen molar-refractivity contribution in [1.29, 1.82) is 0 Å². The molecule has 1 rings (SSSR count). The molecule has 0 aromatic carbocycles. The predicted molar refractivity (Wildman–Crippen MR) is 69.7 cm³/mol. The van der Waals surface area contributed by atoms with Crippen molar-refractivity contribution in [1.82, 2.24) is 14.5 Å². The van der Waals surface area contributed by atoms with Gasteiger partial charge in [-0.25, -0.2) is 4.21 Å². The number of amides is 1. The van der Waals surface area contributed by atoms with E-state index in [0.717, 1.165) is 19.6 Å². The van der Waals surface area contributed by atoms with Gasteiger partial charge in [0.1, 0.15) is 6.61 Å². The van der Waals surface area contributed by atoms with Gasteiger partial charge in [0.15, 0.2) is 0 Å². The summed E-state index contributed by atoms with van der Waals surface area (Å²) >= 11 is -1.87. The van der Waals surface area contributed by atoms with Gasteiger partial charge in [-0.15, -0.1) is 0 Å². The molecule has 112 valence electrons. The molecule has 0 aromatic rings. The number of carbonyl (C=O) groups excluding carboxylic acids is 1. The molecule has 0 bridgehead atoms. The van der Waals surface area contributed by atoms with Gasteiger partial charge in [-0.3, -0.25) is 14.2 Å². The fourth-order valence-electron chi connectivity index (χ4n) is 1.72. The van der Waals surface area contributed by atoms with Gasteiger partial charge < -0.3 is 15.2 Å². The topological polar surface area (TPSA) is 102 Å². The lowest BCUT2D eigenvalue weighted by Gasteiger charge is -2.31. The fourth-order valence-corrected chi connectivity index (χ4v) is 2.20. The van der Waals surface area contributed by atoms with E-state index >= 15 is 0 Å². The summed E-state index contributed by atoms with van der Waals surface area (Å²) < 4.78 is 26.6. The van der Waals surface area contributed by atoms with Crippen molar-refractivity contribution in [3.8, 4) is 0 Å². The van der Waals surface area contributed by atoms with Crippen LogP contribution in [0, 0.1) is 0 Å². The highest BCUT2D eigenvalue weighted by Crippen LogP contribution is 2.02. The van der Waals surface area contributed by atoms with Crippen LogP contribution >= 0.6 is 0 Å². The van der Waals surface area contributed by atoms with E-state index in [4.69, 9.17) is 14.4 Å². The minimum atomic E-state index is -1.87. The number of nitrogens with zero attached hydrogens (tertiary/aromatic N) is 2. The van der Waals surface area contributed by atoms with Crippen LogP contribution in [0.2, 0.25) is 0 Å². The molecule has 1 amide bonds. The van der Waals surface area contributed by atoms with Crippen molar-refractivity contribution in [3.63, 3.8) is 0 Å². The van der Waals surface area contributed by atoms with Crippen LogP contribution in [-0.4, -0.2) is 88.1 Å². The van der Waals surface area contributed by atoms with Crippen molar-refractivity contribution in [2.45, 2.75) is 0 Å². The summed E-state index contributed by atoms with van der Waals surface area (Å²) in [6, 6.07) is 0. The van der Waals surface area contributed by atoms with E-state index in [9.17, 15) is 9.00 Å². The van der Waals surface area contributed by atoms with Crippen LogP contribution in [0.5, 0.6) is 0 Å². The van der Waals surface area contributed by atoms with E-state index in [1.165, 1.54) is 4.31 Å². The maximum absolute atomic E-state index is 10.8. The van der Waals surface area contributed by atoms with E-state index in [2.05, 4.69) is 10.2 Å². The van der Waals surface area contributed by atoms with Crippen molar-refractivity contribution in [2.24, 2.45) is 0 Å². The first-order valence-electron chi connectivity index (χ1n) is 6.17. The number of aliphatic hydroxyl groups is 1. The van der Waals surface area contributed by atoms with E-state index in [0.29, 0.717) is 32.8 Å². The Morgan fingerprint density at radius 3 is 2.53 bits per heavy atom. The van der Waals surface area contributed by atoms with E-state index in [1.54, 1.807) is 0 Å². The molecule has 0 spiro atoms. The van der Waals surface area contributed by atoms with Crippen LogP contribution in [0.15, 0.2) is 0 Å². The van der Waals surface area contributed by atoms with Crippen molar-refractivity contribution < 1.29 is 23.4 Å². The molecule has 1 saturated heterocycles. The number of ether oxygens (including phenoxy) is 1. The lowest BCUT2D eigenvalue weighted by molar-refractivity contribution is -0.124. The molecule has 1 aliphatic heterocycles. The molecule has 0 saturated carbocycles. The van der Waals surface area contributed by atoms with Gasteiger partial charge in [-0.05, 0) is 0 Å². The molecule has 1 unspecified atom stereocenters. The SMILES string of the molecule is O=C(CO)NCCOCCN1CCN(S(=O)O)CC1. The first kappa shape index (κ1) is 16.5. The summed E-state index contributed by atoms with van der Waals surface area (Å²) in [5.41, 5.74) is 0. The molecule has 0 aliphatic carbocycles. The number of nitrogens with one attached hydrogen (secondary N) is 1. The third-order valence-corrected chi connectivity index (χ3v) is 3.62. The van der Waals surface area contributed by atoms with Gasteiger partial charge in [-0.1, -0.05) is 0 Å². The van der Waals surface area contributed by atoms with Crippen LogP contribution in [0.1, 0.15) is 0 Å². The Bertz CT molecular complexity index is 297. The lowest BCUT2D eigenvalue weighted by Crippen LogP contribution is -2.47. The molecule has 0 aromatic heterocycles. The number of hydrogen-bond acceptors (Lipinski definition) is 5. The second-order valence-electron chi connectivity index (χ2n) is 4.12. The normalized spacial score (nSPS) is 19.3. The minimum Gasteiger partial charge on any atom is -0.387 e. The van der Waals surface area contributed by atoms with Gasteiger partial charge in [0.25, 0.3) is 0 Å². The van der Waals surface area contributed by atoms with Crippen LogP contribution in [0.25, 0.3) is 0 Å². The van der Waals surface area contributed by atoms with Gasteiger partial charge in [0, 0.05) is 39.3 Å². The Hall–Kier alpha value is -0.580. The van der Waals surface area contributed by atoms with E-state index in [-0.39, 0.29) is 0 Å². The monoisotopic (exact) mass is 295 g/mol. The van der Waals surface area contributed by atoms with Gasteiger partial charge in [-0.2, -0.15) is 4.31 Å². The molecule has 1 atom stereocenters. The summed E-state index contributed by atoms with van der Waals surface area (Å²) in [6.45, 7) is 4.26. The van der Waals surface area contributed by atoms with E-state index < -0.39 is 23.8 Å². The zero-order valence-electron chi connectivity index (χ0n) is 10.8. The van der Waals surface area contributed by atoms with Crippen LogP contribution in [0.3, 0.4) is 0 Å². The third kappa shape index (κ3) is 6.95. The summed E-state index contributed by atoms with van der Waals surface area (Å²) in [5, 5.41) is 11.0. The standard InChI is InChI=1S/C10H21N3O5S/c14-9-10(15)11-1-7-18-8-6-12-2-4-13(5-3-12)19(16)17/h14H,1-9H2,(H,11,15)(H,16,17). The van der Waals surface area contributed by atoms with Crippen molar-refractivity contribution >= 4 is 17.2 Å². The molecule has 0 radical (unpaired) electrons. The Morgan fingerprint density at radius 1 is 1.26 bits per heavy atom. The molecule has 1 fully saturated rings. The zero-order valence-corrected chi connectivity index (χ0v) is 11.6. The summed E-state index contributed by atoms with van der Waals surface area (Å²) in [6.07, 6.45) is 0. The molecular formula is C10H21N3O5S. The smallest absolute Gasteiger partial charge is 0.245 e. The number of hydrogen-bond donors (Lipinski definition) is 3. The van der Waals surface area contributed by atoms with Crippen LogP contribution < -0.4 is 5.32 Å². The highest BCUT2D eigenvalue weighted by Gasteiger charge is 2.19. The Labute approximate surface area is 115 Å². The van der Waals surface area contributed by atoms with Gasteiger partial charge in [0.05, 0.1) is 13.2 Å². The second-order valence-corrected chi connectivity index (χ2v) is 5.10. The number of piperazine rings is 1. The van der Waals surface area contributed by atoms with Gasteiger partial charge >= 0.3 is 0 Å². The summed E-state index contributed by atoms with van der Waals surface area (Å²) in [5.74, 6) is -0.406. The largest absolute Gasteiger partial charge is 0.387 e. The predicted octanol–water partition coefficient (Wildman–Crippen LogP) is -2.13. The molecule has 3 N–H and O–H groups in total. The molecule has 19 heavy (non-hydrogen) atoms. The molecular weight excluding hydrogens is 274 g/mol. The first-order chi connectivity index (χ1) is 9.13. The second kappa shape index (κ2) is 9.34. The minimum absolute atomic E-state index is 0.386. The lowest BCUT2D eigenvalue weighted by atomic mass is 10.3. The summed E-state index contributed by atoms with van der Waals surface area (Å²) in [4.78, 5) is 12.9. The third-order valence-electron chi connectivity index (χ3n) is 2.82. The Balaban J connectivity index is 1.96. The van der Waals surface area contributed by atoms with Crippen molar-refractivity contribution in [3.05, 3.63) is 0 Å². The quantitative estimate of drug-likeness (QED) is 0.349. The maximum atomic E-state index is 10.8. The fraction of sp³-hybridized carbons (Fsp3) is 0.900. The number of aliphatic hydroxyl groups excluding tert-OH is 1. The number of carbonyl (C=O) groups is 1. The molecule has 9 heteroatoms.